The van der Waals surface area contributed by atoms with E-state index in [2.05, 4.69) is 44.7 Å². The fourth-order valence-electron chi connectivity index (χ4n) is 5.87. The minimum absolute atomic E-state index is 0.0160. The van der Waals surface area contributed by atoms with E-state index in [1.54, 1.807) is 6.20 Å². The highest BCUT2D eigenvalue weighted by Gasteiger charge is 2.37. The number of carbonyl (C=O) groups is 1. The first kappa shape index (κ1) is 27.2. The zero-order chi connectivity index (χ0) is 27.4. The number of carbonyl (C=O) groups excluding carboxylic acids is 1. The van der Waals surface area contributed by atoms with E-state index in [-0.39, 0.29) is 11.8 Å². The lowest BCUT2D eigenvalue weighted by atomic mass is 10.0. The third-order valence-corrected chi connectivity index (χ3v) is 7.89. The van der Waals surface area contributed by atoms with E-state index >= 15 is 0 Å². The molecule has 1 aliphatic carbocycles. The lowest BCUT2D eigenvalue weighted by molar-refractivity contribution is -0.137. The van der Waals surface area contributed by atoms with E-state index in [0.29, 0.717) is 38.0 Å². The molecule has 2 aliphatic rings. The Morgan fingerprint density at radius 3 is 2.62 bits per heavy atom. The number of aromatic nitrogens is 3. The predicted octanol–water partition coefficient (Wildman–Crippen LogP) is 5.02. The summed E-state index contributed by atoms with van der Waals surface area (Å²) >= 11 is 0. The molecule has 0 bridgehead atoms. The quantitative estimate of drug-likeness (QED) is 0.402. The number of halogens is 3. The van der Waals surface area contributed by atoms with Crippen LogP contribution in [0.3, 0.4) is 0 Å². The Balaban J connectivity index is 1.18. The molecule has 1 saturated carbocycles. The first-order chi connectivity index (χ1) is 18.8. The van der Waals surface area contributed by atoms with Gasteiger partial charge in [0.15, 0.2) is 0 Å². The van der Waals surface area contributed by atoms with Gasteiger partial charge in [-0.05, 0) is 68.6 Å². The van der Waals surface area contributed by atoms with E-state index in [1.165, 1.54) is 11.9 Å². The van der Waals surface area contributed by atoms with E-state index < -0.39 is 11.7 Å². The van der Waals surface area contributed by atoms with Crippen LogP contribution in [0.2, 0.25) is 0 Å². The fraction of sp³-hybridized carbons (Fsp3) is 0.483. The largest absolute Gasteiger partial charge is 0.416 e. The van der Waals surface area contributed by atoms with E-state index in [1.807, 2.05) is 28.1 Å². The molecule has 1 saturated heterocycles. The molecule has 0 radical (unpaired) electrons. The lowest BCUT2D eigenvalue weighted by Gasteiger charge is -2.37. The van der Waals surface area contributed by atoms with Gasteiger partial charge in [0.05, 0.1) is 17.4 Å². The molecule has 7 nitrogen and oxygen atoms in total. The number of amides is 1. The van der Waals surface area contributed by atoms with Crippen LogP contribution in [-0.4, -0.2) is 69.0 Å². The van der Waals surface area contributed by atoms with Crippen molar-refractivity contribution in [1.29, 1.82) is 0 Å². The number of rotatable bonds is 8. The average molecular weight is 541 g/mol. The SMILES string of the molecule is CCCN(Cc1cccn1-c1cccnc1)C1CCC(C(=O)N2CCN(c3cc(C(F)(F)F)ccn3)CC2)C1. The summed E-state index contributed by atoms with van der Waals surface area (Å²) < 4.78 is 41.5. The topological polar surface area (TPSA) is 57.5 Å². The molecule has 2 fully saturated rings. The van der Waals surface area contributed by atoms with Gasteiger partial charge in [-0.25, -0.2) is 4.98 Å². The van der Waals surface area contributed by atoms with Gasteiger partial charge in [0, 0.05) is 69.0 Å². The summed E-state index contributed by atoms with van der Waals surface area (Å²) in [6.07, 6.45) is 6.21. The van der Waals surface area contributed by atoms with Crippen LogP contribution in [0, 0.1) is 5.92 Å². The summed E-state index contributed by atoms with van der Waals surface area (Å²) in [5.74, 6) is 0.464. The van der Waals surface area contributed by atoms with Crippen LogP contribution in [0.25, 0.3) is 5.69 Å². The minimum atomic E-state index is -4.40. The smallest absolute Gasteiger partial charge is 0.353 e. The maximum atomic E-state index is 13.4. The van der Waals surface area contributed by atoms with Gasteiger partial charge < -0.3 is 14.4 Å². The van der Waals surface area contributed by atoms with Crippen molar-refractivity contribution in [2.24, 2.45) is 5.92 Å². The van der Waals surface area contributed by atoms with E-state index in [0.717, 1.165) is 56.6 Å². The highest BCUT2D eigenvalue weighted by Crippen LogP contribution is 2.33. The van der Waals surface area contributed by atoms with Gasteiger partial charge in [-0.2, -0.15) is 13.2 Å². The van der Waals surface area contributed by atoms with Crippen LogP contribution < -0.4 is 4.90 Å². The maximum absolute atomic E-state index is 13.4. The number of hydrogen-bond donors (Lipinski definition) is 0. The minimum Gasteiger partial charge on any atom is -0.353 e. The van der Waals surface area contributed by atoms with Gasteiger partial charge in [-0.15, -0.1) is 0 Å². The molecule has 5 rings (SSSR count). The molecule has 2 atom stereocenters. The predicted molar refractivity (Wildman–Crippen MR) is 143 cm³/mol. The Hall–Kier alpha value is -3.40. The average Bonchev–Trinajstić information content (AvgIpc) is 3.63. The number of piperazine rings is 1. The van der Waals surface area contributed by atoms with Crippen molar-refractivity contribution in [2.45, 2.75) is 51.4 Å². The Bertz CT molecular complexity index is 1240. The van der Waals surface area contributed by atoms with Crippen LogP contribution >= 0.6 is 0 Å². The maximum Gasteiger partial charge on any atom is 0.416 e. The van der Waals surface area contributed by atoms with Gasteiger partial charge in [0.2, 0.25) is 5.91 Å². The molecule has 2 unspecified atom stereocenters. The number of anilines is 1. The number of nitrogens with zero attached hydrogens (tertiary/aromatic N) is 6. The van der Waals surface area contributed by atoms with E-state index in [4.69, 9.17) is 0 Å². The normalized spacial score (nSPS) is 20.1. The van der Waals surface area contributed by atoms with Gasteiger partial charge in [-0.1, -0.05) is 6.92 Å². The van der Waals surface area contributed by atoms with Crippen LogP contribution in [0.5, 0.6) is 0 Å². The lowest BCUT2D eigenvalue weighted by Crippen LogP contribution is -2.50. The molecule has 3 aromatic heterocycles. The molecule has 10 heteroatoms. The summed E-state index contributed by atoms with van der Waals surface area (Å²) in [6.45, 7) is 5.90. The number of hydrogen-bond acceptors (Lipinski definition) is 5. The van der Waals surface area contributed by atoms with Crippen LogP contribution in [0.4, 0.5) is 19.0 Å². The van der Waals surface area contributed by atoms with Crippen LogP contribution in [-0.2, 0) is 17.5 Å². The number of pyridine rings is 2. The second-order valence-electron chi connectivity index (χ2n) is 10.4. The highest BCUT2D eigenvalue weighted by molar-refractivity contribution is 5.79. The Morgan fingerprint density at radius 2 is 1.90 bits per heavy atom. The second-order valence-corrected chi connectivity index (χ2v) is 10.4. The molecule has 4 heterocycles. The summed E-state index contributed by atoms with van der Waals surface area (Å²) in [5, 5.41) is 0. The van der Waals surface area contributed by atoms with Crippen LogP contribution in [0.1, 0.15) is 43.9 Å². The molecule has 0 aromatic carbocycles. The molecule has 39 heavy (non-hydrogen) atoms. The first-order valence-corrected chi connectivity index (χ1v) is 13.7. The standard InChI is InChI=1S/C29H35F3N6O/c1-2-12-37(21-26-6-4-13-38(26)25-5-3-10-33-20-25)24-8-7-22(18-24)28(39)36-16-14-35(15-17-36)27-19-23(9-11-34-27)29(30,31)32/h3-6,9-11,13,19-20,22,24H,2,7-8,12,14-18,21H2,1H3. The monoisotopic (exact) mass is 540 g/mol. The van der Waals surface area contributed by atoms with Crippen molar-refractivity contribution in [1.82, 2.24) is 24.3 Å². The summed E-state index contributed by atoms with van der Waals surface area (Å²) in [6, 6.07) is 10.6. The fourth-order valence-corrected chi connectivity index (χ4v) is 5.87. The van der Waals surface area contributed by atoms with Crippen molar-refractivity contribution in [3.63, 3.8) is 0 Å². The summed E-state index contributed by atoms with van der Waals surface area (Å²) in [7, 11) is 0. The summed E-state index contributed by atoms with van der Waals surface area (Å²) in [5.41, 5.74) is 1.53. The van der Waals surface area contributed by atoms with Crippen molar-refractivity contribution in [2.75, 3.05) is 37.6 Å². The van der Waals surface area contributed by atoms with Crippen LogP contribution in [0.15, 0.2) is 61.2 Å². The highest BCUT2D eigenvalue weighted by atomic mass is 19.4. The summed E-state index contributed by atoms with van der Waals surface area (Å²) in [4.78, 5) is 28.0. The van der Waals surface area contributed by atoms with Gasteiger partial charge in [0.1, 0.15) is 5.82 Å². The molecule has 3 aromatic rings. The van der Waals surface area contributed by atoms with Crippen molar-refractivity contribution in [3.05, 3.63) is 72.4 Å². The van der Waals surface area contributed by atoms with Gasteiger partial charge in [-0.3, -0.25) is 14.7 Å². The molecule has 1 amide bonds. The van der Waals surface area contributed by atoms with Crippen molar-refractivity contribution < 1.29 is 18.0 Å². The molecule has 1 aliphatic heterocycles. The first-order valence-electron chi connectivity index (χ1n) is 13.7. The Kier molecular flexibility index (Phi) is 8.20. The Labute approximate surface area is 227 Å². The second kappa shape index (κ2) is 11.8. The van der Waals surface area contributed by atoms with Gasteiger partial charge in [0.25, 0.3) is 0 Å². The molecular formula is C29H35F3N6O. The molecule has 0 spiro atoms. The van der Waals surface area contributed by atoms with Crippen molar-refractivity contribution >= 4 is 11.7 Å². The third-order valence-electron chi connectivity index (χ3n) is 7.89. The molecule has 208 valence electrons. The van der Waals surface area contributed by atoms with Gasteiger partial charge >= 0.3 is 6.18 Å². The van der Waals surface area contributed by atoms with E-state index in [9.17, 15) is 18.0 Å². The molecule has 0 N–H and O–H groups in total. The van der Waals surface area contributed by atoms with Crippen molar-refractivity contribution in [3.8, 4) is 5.69 Å². The zero-order valence-corrected chi connectivity index (χ0v) is 22.2. The number of alkyl halides is 3. The zero-order valence-electron chi connectivity index (χ0n) is 22.2. The molecular weight excluding hydrogens is 505 g/mol. The third kappa shape index (κ3) is 6.27. The Morgan fingerprint density at radius 1 is 1.08 bits per heavy atom.